The number of nitrogens with one attached hydrogen (secondary N) is 2. The average molecular weight is 342 g/mol. The molecule has 2 aromatic rings. The SMILES string of the molecule is COCCNCCNS(=O)(=O)c1ccc2c(c1)n(C)c(=O)n2C. The van der Waals surface area contributed by atoms with Crippen LogP contribution in [0.2, 0.25) is 0 Å². The maximum Gasteiger partial charge on any atom is 0.328 e. The minimum Gasteiger partial charge on any atom is -0.383 e. The summed E-state index contributed by atoms with van der Waals surface area (Å²) in [5.41, 5.74) is 1.08. The molecule has 0 aliphatic carbocycles. The third-order valence-electron chi connectivity index (χ3n) is 3.63. The number of ether oxygens (including phenoxy) is 1. The van der Waals surface area contributed by atoms with E-state index in [9.17, 15) is 13.2 Å². The van der Waals surface area contributed by atoms with Gasteiger partial charge in [0, 0.05) is 40.8 Å². The summed E-state index contributed by atoms with van der Waals surface area (Å²) in [5.74, 6) is 0. The van der Waals surface area contributed by atoms with Crippen LogP contribution in [0.5, 0.6) is 0 Å². The van der Waals surface area contributed by atoms with Gasteiger partial charge in [-0.2, -0.15) is 0 Å². The zero-order valence-corrected chi connectivity index (χ0v) is 14.3. The fourth-order valence-corrected chi connectivity index (χ4v) is 3.36. The number of aryl methyl sites for hydroxylation is 2. The van der Waals surface area contributed by atoms with Gasteiger partial charge in [0.05, 0.1) is 22.5 Å². The molecule has 9 heteroatoms. The molecule has 128 valence electrons. The highest BCUT2D eigenvalue weighted by atomic mass is 32.2. The van der Waals surface area contributed by atoms with Gasteiger partial charge in [0.15, 0.2) is 0 Å². The van der Waals surface area contributed by atoms with Crippen LogP contribution >= 0.6 is 0 Å². The van der Waals surface area contributed by atoms with Crippen LogP contribution in [0.4, 0.5) is 0 Å². The van der Waals surface area contributed by atoms with Crippen molar-refractivity contribution < 1.29 is 13.2 Å². The molecule has 0 fully saturated rings. The molecule has 1 aromatic carbocycles. The van der Waals surface area contributed by atoms with E-state index in [1.807, 2.05) is 0 Å². The molecule has 0 aliphatic heterocycles. The first kappa shape index (κ1) is 17.7. The smallest absolute Gasteiger partial charge is 0.328 e. The summed E-state index contributed by atoms with van der Waals surface area (Å²) in [6.45, 7) is 2.02. The van der Waals surface area contributed by atoms with Crippen molar-refractivity contribution in [3.8, 4) is 0 Å². The first-order valence-electron chi connectivity index (χ1n) is 7.23. The van der Waals surface area contributed by atoms with Crippen molar-refractivity contribution in [1.29, 1.82) is 0 Å². The van der Waals surface area contributed by atoms with Gasteiger partial charge in [0.25, 0.3) is 0 Å². The molecule has 23 heavy (non-hydrogen) atoms. The molecule has 0 aliphatic rings. The summed E-state index contributed by atoms with van der Waals surface area (Å²) in [5, 5.41) is 3.06. The van der Waals surface area contributed by atoms with Crippen molar-refractivity contribution >= 4 is 21.1 Å². The number of imidazole rings is 1. The Balaban J connectivity index is 2.12. The second-order valence-electron chi connectivity index (χ2n) is 5.19. The first-order valence-corrected chi connectivity index (χ1v) is 8.71. The Kier molecular flexibility index (Phi) is 5.58. The minimum absolute atomic E-state index is 0.142. The summed E-state index contributed by atoms with van der Waals surface area (Å²) >= 11 is 0. The number of methoxy groups -OCH3 is 1. The van der Waals surface area contributed by atoms with Crippen molar-refractivity contribution in [2.45, 2.75) is 4.90 Å². The Hall–Kier alpha value is -1.68. The molecule has 0 radical (unpaired) electrons. The lowest BCUT2D eigenvalue weighted by molar-refractivity contribution is 0.199. The zero-order valence-electron chi connectivity index (χ0n) is 13.5. The van der Waals surface area contributed by atoms with Gasteiger partial charge in [0.2, 0.25) is 10.0 Å². The van der Waals surface area contributed by atoms with Crippen LogP contribution in [-0.4, -0.2) is 50.9 Å². The Morgan fingerprint density at radius 2 is 1.78 bits per heavy atom. The largest absolute Gasteiger partial charge is 0.383 e. The monoisotopic (exact) mass is 342 g/mol. The van der Waals surface area contributed by atoms with E-state index in [0.717, 1.165) is 0 Å². The molecule has 0 spiro atoms. The topological polar surface area (TPSA) is 94.4 Å². The van der Waals surface area contributed by atoms with Gasteiger partial charge < -0.3 is 10.1 Å². The van der Waals surface area contributed by atoms with E-state index >= 15 is 0 Å². The minimum atomic E-state index is -3.61. The summed E-state index contributed by atoms with van der Waals surface area (Å²) in [6.07, 6.45) is 0. The number of aromatic nitrogens is 2. The Morgan fingerprint density at radius 1 is 1.09 bits per heavy atom. The molecular weight excluding hydrogens is 320 g/mol. The molecule has 1 aromatic heterocycles. The number of sulfonamides is 1. The Labute approximate surface area is 135 Å². The number of rotatable bonds is 8. The standard InChI is InChI=1S/C14H22N4O4S/c1-17-12-5-4-11(10-13(12)18(2)14(17)19)23(20,21)16-7-6-15-8-9-22-3/h4-5,10,15-16H,6-9H2,1-3H3. The molecule has 0 amide bonds. The van der Waals surface area contributed by atoms with E-state index in [2.05, 4.69) is 10.0 Å². The first-order chi connectivity index (χ1) is 10.9. The van der Waals surface area contributed by atoms with E-state index in [4.69, 9.17) is 4.74 Å². The number of nitrogens with zero attached hydrogens (tertiary/aromatic N) is 2. The van der Waals surface area contributed by atoms with E-state index < -0.39 is 10.0 Å². The maximum absolute atomic E-state index is 12.3. The van der Waals surface area contributed by atoms with Gasteiger partial charge in [-0.3, -0.25) is 9.13 Å². The highest BCUT2D eigenvalue weighted by Gasteiger charge is 2.16. The molecule has 0 saturated carbocycles. The molecule has 2 N–H and O–H groups in total. The lowest BCUT2D eigenvalue weighted by Gasteiger charge is -2.08. The van der Waals surface area contributed by atoms with Crippen LogP contribution in [0.15, 0.2) is 27.9 Å². The molecular formula is C14H22N4O4S. The second-order valence-corrected chi connectivity index (χ2v) is 6.96. The third kappa shape index (κ3) is 3.81. The predicted molar refractivity (Wildman–Crippen MR) is 88.1 cm³/mol. The van der Waals surface area contributed by atoms with E-state index in [0.29, 0.717) is 30.7 Å². The molecule has 0 unspecified atom stereocenters. The van der Waals surface area contributed by atoms with Gasteiger partial charge in [0.1, 0.15) is 0 Å². The molecule has 8 nitrogen and oxygen atoms in total. The normalized spacial score (nSPS) is 12.1. The van der Waals surface area contributed by atoms with Crippen LogP contribution in [0.25, 0.3) is 11.0 Å². The van der Waals surface area contributed by atoms with Gasteiger partial charge in [-0.05, 0) is 18.2 Å². The fourth-order valence-electron chi connectivity index (χ4n) is 2.31. The predicted octanol–water partition coefficient (Wildman–Crippen LogP) is -0.609. The van der Waals surface area contributed by atoms with E-state index in [-0.39, 0.29) is 17.1 Å². The molecule has 1 heterocycles. The van der Waals surface area contributed by atoms with Crippen LogP contribution in [-0.2, 0) is 28.9 Å². The number of hydrogen-bond donors (Lipinski definition) is 2. The molecule has 0 bridgehead atoms. The summed E-state index contributed by atoms with van der Waals surface area (Å²) < 4.78 is 35.0. The van der Waals surface area contributed by atoms with Crippen molar-refractivity contribution in [3.63, 3.8) is 0 Å². The van der Waals surface area contributed by atoms with E-state index in [1.165, 1.54) is 21.3 Å². The summed E-state index contributed by atoms with van der Waals surface area (Å²) in [4.78, 5) is 12.0. The van der Waals surface area contributed by atoms with Gasteiger partial charge in [-0.25, -0.2) is 17.9 Å². The van der Waals surface area contributed by atoms with Gasteiger partial charge in [-0.1, -0.05) is 0 Å². The van der Waals surface area contributed by atoms with Gasteiger partial charge >= 0.3 is 5.69 Å². The van der Waals surface area contributed by atoms with Crippen molar-refractivity contribution in [3.05, 3.63) is 28.7 Å². The highest BCUT2D eigenvalue weighted by Crippen LogP contribution is 2.17. The van der Waals surface area contributed by atoms with Crippen LogP contribution in [0.1, 0.15) is 0 Å². The average Bonchev–Trinajstić information content (AvgIpc) is 2.75. The fraction of sp³-hybridized carbons (Fsp3) is 0.500. The van der Waals surface area contributed by atoms with Crippen LogP contribution in [0.3, 0.4) is 0 Å². The quantitative estimate of drug-likeness (QED) is 0.624. The van der Waals surface area contributed by atoms with Crippen LogP contribution < -0.4 is 15.7 Å². The maximum atomic E-state index is 12.3. The number of benzene rings is 1. The Morgan fingerprint density at radius 3 is 2.48 bits per heavy atom. The highest BCUT2D eigenvalue weighted by molar-refractivity contribution is 7.89. The van der Waals surface area contributed by atoms with Crippen molar-refractivity contribution in [2.24, 2.45) is 14.1 Å². The van der Waals surface area contributed by atoms with Crippen LogP contribution in [0, 0.1) is 0 Å². The summed E-state index contributed by atoms with van der Waals surface area (Å²) in [6, 6.07) is 4.65. The number of fused-ring (bicyclic) bond motifs is 1. The molecule has 2 rings (SSSR count). The van der Waals surface area contributed by atoms with Crippen molar-refractivity contribution in [1.82, 2.24) is 19.2 Å². The zero-order chi connectivity index (χ0) is 17.0. The third-order valence-corrected chi connectivity index (χ3v) is 5.09. The van der Waals surface area contributed by atoms with Crippen molar-refractivity contribution in [2.75, 3.05) is 33.4 Å². The number of hydrogen-bond acceptors (Lipinski definition) is 5. The lowest BCUT2D eigenvalue weighted by Crippen LogP contribution is -2.33. The van der Waals surface area contributed by atoms with Gasteiger partial charge in [-0.15, -0.1) is 0 Å². The second kappa shape index (κ2) is 7.26. The summed E-state index contributed by atoms with van der Waals surface area (Å²) in [7, 11) is 1.27. The van der Waals surface area contributed by atoms with E-state index in [1.54, 1.807) is 27.3 Å². The molecule has 0 atom stereocenters. The molecule has 0 saturated heterocycles. The lowest BCUT2D eigenvalue weighted by atomic mass is 10.3. The Bertz CT molecular complexity index is 838.